The van der Waals surface area contributed by atoms with Crippen molar-refractivity contribution < 1.29 is 0 Å². The first-order valence-corrected chi connectivity index (χ1v) is 7.52. The van der Waals surface area contributed by atoms with Crippen LogP contribution in [-0.4, -0.2) is 28.0 Å². The lowest BCUT2D eigenvalue weighted by atomic mass is 10.1. The number of hydrogen-bond donors (Lipinski definition) is 2. The summed E-state index contributed by atoms with van der Waals surface area (Å²) < 4.78 is 0.651. The van der Waals surface area contributed by atoms with Crippen molar-refractivity contribution in [1.82, 2.24) is 20.3 Å². The molecule has 3 rings (SSSR count). The number of nitrogens with zero attached hydrogens (tertiary/aromatic N) is 3. The van der Waals surface area contributed by atoms with E-state index in [1.807, 2.05) is 24.4 Å². The summed E-state index contributed by atoms with van der Waals surface area (Å²) in [7, 11) is 0. The highest BCUT2D eigenvalue weighted by molar-refractivity contribution is 9.10. The topological polar surface area (TPSA) is 62.7 Å². The Kier molecular flexibility index (Phi) is 4.22. The number of fused-ring (bicyclic) bond motifs is 1. The highest BCUT2D eigenvalue weighted by Gasteiger charge is 2.16. The Morgan fingerprint density at radius 2 is 2.25 bits per heavy atom. The highest BCUT2D eigenvalue weighted by atomic mass is 79.9. The lowest BCUT2D eigenvalue weighted by Gasteiger charge is -2.19. The van der Waals surface area contributed by atoms with Crippen LogP contribution in [0.15, 0.2) is 29.1 Å². The Morgan fingerprint density at radius 3 is 3.10 bits per heavy atom. The molecule has 104 valence electrons. The fourth-order valence-electron chi connectivity index (χ4n) is 2.31. The van der Waals surface area contributed by atoms with Gasteiger partial charge in [0.1, 0.15) is 5.82 Å². The molecule has 0 atom stereocenters. The van der Waals surface area contributed by atoms with Gasteiger partial charge in [0.25, 0.3) is 0 Å². The van der Waals surface area contributed by atoms with Crippen molar-refractivity contribution in [1.29, 1.82) is 0 Å². The molecule has 2 aromatic rings. The summed E-state index contributed by atoms with van der Waals surface area (Å²) in [5.74, 6) is 0.921. The molecule has 0 fully saturated rings. The normalized spacial score (nSPS) is 13.8. The molecule has 0 bridgehead atoms. The predicted molar refractivity (Wildman–Crippen MR) is 81.6 cm³/mol. The van der Waals surface area contributed by atoms with Crippen molar-refractivity contribution in [3.05, 3.63) is 46.1 Å². The van der Waals surface area contributed by atoms with Crippen molar-refractivity contribution in [2.24, 2.45) is 0 Å². The van der Waals surface area contributed by atoms with E-state index in [9.17, 15) is 0 Å². The number of nitrogens with one attached hydrogen (secondary N) is 2. The minimum atomic E-state index is 0.651. The van der Waals surface area contributed by atoms with E-state index >= 15 is 0 Å². The van der Waals surface area contributed by atoms with Gasteiger partial charge in [-0.1, -0.05) is 6.07 Å². The van der Waals surface area contributed by atoms with Gasteiger partial charge in [-0.2, -0.15) is 0 Å². The molecule has 0 aliphatic carbocycles. The van der Waals surface area contributed by atoms with E-state index in [0.717, 1.165) is 49.7 Å². The standard InChI is InChI=1S/C14H16BrN5/c15-14-19-12-5-7-16-9-11(12)13(20-14)18-8-4-10-3-1-2-6-17-10/h1-3,6,16H,4-5,7-9H2,(H,18,19,20). The minimum absolute atomic E-state index is 0.651. The average Bonchev–Trinajstić information content (AvgIpc) is 2.48. The Morgan fingerprint density at radius 1 is 1.30 bits per heavy atom. The maximum Gasteiger partial charge on any atom is 0.198 e. The Hall–Kier alpha value is -1.53. The van der Waals surface area contributed by atoms with Crippen molar-refractivity contribution in [3.8, 4) is 0 Å². The fraction of sp³-hybridized carbons (Fsp3) is 0.357. The molecule has 0 amide bonds. The SMILES string of the molecule is Brc1nc2c(c(NCCc3ccccn3)n1)CNCC2. The van der Waals surface area contributed by atoms with Crippen molar-refractivity contribution in [2.75, 3.05) is 18.4 Å². The molecule has 0 aromatic carbocycles. The largest absolute Gasteiger partial charge is 0.369 e. The number of rotatable bonds is 4. The number of aromatic nitrogens is 3. The van der Waals surface area contributed by atoms with E-state index in [2.05, 4.69) is 41.5 Å². The van der Waals surface area contributed by atoms with E-state index < -0.39 is 0 Å². The van der Waals surface area contributed by atoms with Crippen LogP contribution in [0, 0.1) is 0 Å². The number of anilines is 1. The van der Waals surface area contributed by atoms with Gasteiger partial charge in [0.2, 0.25) is 0 Å². The van der Waals surface area contributed by atoms with E-state index in [4.69, 9.17) is 0 Å². The number of pyridine rings is 1. The van der Waals surface area contributed by atoms with Crippen LogP contribution in [0.1, 0.15) is 17.0 Å². The zero-order chi connectivity index (χ0) is 13.8. The van der Waals surface area contributed by atoms with Crippen LogP contribution < -0.4 is 10.6 Å². The van der Waals surface area contributed by atoms with E-state index in [1.54, 1.807) is 0 Å². The summed E-state index contributed by atoms with van der Waals surface area (Å²) >= 11 is 3.38. The molecule has 0 radical (unpaired) electrons. The van der Waals surface area contributed by atoms with Gasteiger partial charge >= 0.3 is 0 Å². The molecule has 0 saturated heterocycles. The predicted octanol–water partition coefficient (Wildman–Crippen LogP) is 1.93. The summed E-state index contributed by atoms with van der Waals surface area (Å²) in [4.78, 5) is 13.2. The first-order valence-electron chi connectivity index (χ1n) is 6.73. The van der Waals surface area contributed by atoms with Gasteiger partial charge in [-0.25, -0.2) is 9.97 Å². The van der Waals surface area contributed by atoms with Gasteiger partial charge in [0.15, 0.2) is 4.73 Å². The molecule has 2 N–H and O–H groups in total. The van der Waals surface area contributed by atoms with E-state index in [0.29, 0.717) is 4.73 Å². The molecule has 0 spiro atoms. The summed E-state index contributed by atoms with van der Waals surface area (Å²) in [6, 6.07) is 5.98. The maximum absolute atomic E-state index is 4.45. The zero-order valence-corrected chi connectivity index (χ0v) is 12.7. The van der Waals surface area contributed by atoms with Gasteiger partial charge in [-0.05, 0) is 28.1 Å². The third-order valence-electron chi connectivity index (χ3n) is 3.31. The second kappa shape index (κ2) is 6.28. The van der Waals surface area contributed by atoms with Gasteiger partial charge in [0.05, 0.1) is 5.69 Å². The van der Waals surface area contributed by atoms with Crippen molar-refractivity contribution >= 4 is 21.7 Å². The molecule has 1 aliphatic rings. The monoisotopic (exact) mass is 333 g/mol. The van der Waals surface area contributed by atoms with Crippen LogP contribution in [0.3, 0.4) is 0 Å². The van der Waals surface area contributed by atoms with Gasteiger partial charge < -0.3 is 10.6 Å². The van der Waals surface area contributed by atoms with Crippen LogP contribution in [0.25, 0.3) is 0 Å². The van der Waals surface area contributed by atoms with E-state index in [1.165, 1.54) is 5.56 Å². The molecule has 6 heteroatoms. The van der Waals surface area contributed by atoms with Crippen LogP contribution in [0.2, 0.25) is 0 Å². The summed E-state index contributed by atoms with van der Waals surface area (Å²) in [5.41, 5.74) is 3.39. The first-order chi connectivity index (χ1) is 9.83. The smallest absolute Gasteiger partial charge is 0.198 e. The van der Waals surface area contributed by atoms with Crippen LogP contribution in [0.5, 0.6) is 0 Å². The van der Waals surface area contributed by atoms with Gasteiger partial charge in [0, 0.05) is 49.9 Å². The highest BCUT2D eigenvalue weighted by Crippen LogP contribution is 2.21. The summed E-state index contributed by atoms with van der Waals surface area (Å²) in [6.45, 7) is 2.62. The summed E-state index contributed by atoms with van der Waals surface area (Å²) in [5, 5.41) is 6.76. The van der Waals surface area contributed by atoms with Crippen LogP contribution in [-0.2, 0) is 19.4 Å². The molecular weight excluding hydrogens is 318 g/mol. The Bertz CT molecular complexity index is 588. The van der Waals surface area contributed by atoms with Crippen LogP contribution in [0.4, 0.5) is 5.82 Å². The lowest BCUT2D eigenvalue weighted by Crippen LogP contribution is -2.26. The third kappa shape index (κ3) is 3.13. The molecule has 0 saturated carbocycles. The number of halogens is 1. The Balaban J connectivity index is 1.69. The Labute approximate surface area is 126 Å². The zero-order valence-electron chi connectivity index (χ0n) is 11.1. The van der Waals surface area contributed by atoms with E-state index in [-0.39, 0.29) is 0 Å². The lowest BCUT2D eigenvalue weighted by molar-refractivity contribution is 0.625. The number of hydrogen-bond acceptors (Lipinski definition) is 5. The van der Waals surface area contributed by atoms with Crippen molar-refractivity contribution in [2.45, 2.75) is 19.4 Å². The first kappa shape index (κ1) is 13.5. The summed E-state index contributed by atoms with van der Waals surface area (Å²) in [6.07, 6.45) is 3.65. The second-order valence-electron chi connectivity index (χ2n) is 4.69. The van der Waals surface area contributed by atoms with Crippen LogP contribution >= 0.6 is 15.9 Å². The van der Waals surface area contributed by atoms with Gasteiger partial charge in [-0.3, -0.25) is 4.98 Å². The molecule has 2 aromatic heterocycles. The second-order valence-corrected chi connectivity index (χ2v) is 5.40. The molecule has 3 heterocycles. The maximum atomic E-state index is 4.45. The fourth-order valence-corrected chi connectivity index (χ4v) is 2.71. The third-order valence-corrected chi connectivity index (χ3v) is 3.66. The van der Waals surface area contributed by atoms with Crippen molar-refractivity contribution in [3.63, 3.8) is 0 Å². The average molecular weight is 334 g/mol. The van der Waals surface area contributed by atoms with Gasteiger partial charge in [-0.15, -0.1) is 0 Å². The quantitative estimate of drug-likeness (QED) is 0.837. The molecule has 0 unspecified atom stereocenters. The molecule has 20 heavy (non-hydrogen) atoms. The molecular formula is C14H16BrN5. The molecule has 5 nitrogen and oxygen atoms in total. The minimum Gasteiger partial charge on any atom is -0.369 e. The molecule has 1 aliphatic heterocycles.